The van der Waals surface area contributed by atoms with Crippen LogP contribution in [-0.2, 0) is 0 Å². The summed E-state index contributed by atoms with van der Waals surface area (Å²) in [5, 5.41) is 3.03. The Labute approximate surface area is 115 Å². The van der Waals surface area contributed by atoms with Crippen LogP contribution < -0.4 is 11.1 Å². The van der Waals surface area contributed by atoms with Crippen molar-refractivity contribution >= 4 is 17.4 Å². The smallest absolute Gasteiger partial charge is 0.321 e. The van der Waals surface area contributed by atoms with E-state index in [1.807, 2.05) is 30.9 Å². The normalized spacial score (nSPS) is 16.0. The fourth-order valence-corrected chi connectivity index (χ4v) is 2.65. The number of carbonyl (C=O) groups excluding carboxylic acids is 1. The maximum atomic E-state index is 12.3. The molecule has 1 aromatic rings. The third-order valence-electron chi connectivity index (χ3n) is 3.68. The summed E-state index contributed by atoms with van der Waals surface area (Å²) in [7, 11) is 0. The van der Waals surface area contributed by atoms with Crippen molar-refractivity contribution < 1.29 is 4.79 Å². The summed E-state index contributed by atoms with van der Waals surface area (Å²) in [5.41, 5.74) is 9.46. The maximum absolute atomic E-state index is 12.3. The number of nitrogens with two attached hydrogens (primary N) is 1. The van der Waals surface area contributed by atoms with Gasteiger partial charge in [0.25, 0.3) is 0 Å². The fourth-order valence-electron chi connectivity index (χ4n) is 2.65. The first kappa shape index (κ1) is 13.7. The maximum Gasteiger partial charge on any atom is 0.321 e. The molecule has 0 unspecified atom stereocenters. The van der Waals surface area contributed by atoms with E-state index in [1.165, 1.54) is 12.8 Å². The van der Waals surface area contributed by atoms with Crippen molar-refractivity contribution in [1.29, 1.82) is 0 Å². The molecule has 1 aliphatic heterocycles. The van der Waals surface area contributed by atoms with E-state index in [9.17, 15) is 4.79 Å². The first-order valence-electron chi connectivity index (χ1n) is 7.00. The van der Waals surface area contributed by atoms with E-state index in [2.05, 4.69) is 5.32 Å². The lowest BCUT2D eigenvalue weighted by Gasteiger charge is -2.22. The number of nitrogens with one attached hydrogen (secondary N) is 1. The average Bonchev–Trinajstić information content (AvgIpc) is 2.62. The van der Waals surface area contributed by atoms with Gasteiger partial charge in [0.05, 0.1) is 0 Å². The third kappa shape index (κ3) is 3.40. The number of anilines is 2. The molecule has 4 nitrogen and oxygen atoms in total. The second-order valence-corrected chi connectivity index (χ2v) is 5.36. The lowest BCUT2D eigenvalue weighted by atomic mass is 10.1. The Morgan fingerprint density at radius 3 is 2.16 bits per heavy atom. The van der Waals surface area contributed by atoms with Crippen LogP contribution in [0.4, 0.5) is 16.2 Å². The molecule has 0 radical (unpaired) electrons. The van der Waals surface area contributed by atoms with Crippen molar-refractivity contribution in [3.05, 3.63) is 23.3 Å². The van der Waals surface area contributed by atoms with E-state index >= 15 is 0 Å². The average molecular weight is 261 g/mol. The molecule has 1 aliphatic rings. The number of benzene rings is 1. The Kier molecular flexibility index (Phi) is 4.30. The zero-order valence-corrected chi connectivity index (χ0v) is 11.8. The summed E-state index contributed by atoms with van der Waals surface area (Å²) in [6.07, 6.45) is 4.66. The topological polar surface area (TPSA) is 58.4 Å². The molecule has 3 N–H and O–H groups in total. The Morgan fingerprint density at radius 1 is 1.11 bits per heavy atom. The van der Waals surface area contributed by atoms with E-state index in [0.717, 1.165) is 48.4 Å². The highest BCUT2D eigenvalue weighted by atomic mass is 16.2. The minimum Gasteiger partial charge on any atom is -0.399 e. The van der Waals surface area contributed by atoms with Crippen LogP contribution in [0.3, 0.4) is 0 Å². The highest BCUT2D eigenvalue weighted by molar-refractivity contribution is 5.91. The Balaban J connectivity index is 2.10. The highest BCUT2D eigenvalue weighted by Crippen LogP contribution is 2.24. The van der Waals surface area contributed by atoms with Gasteiger partial charge in [-0.05, 0) is 49.9 Å². The van der Waals surface area contributed by atoms with Gasteiger partial charge in [0, 0.05) is 24.5 Å². The van der Waals surface area contributed by atoms with Gasteiger partial charge in [-0.3, -0.25) is 0 Å². The number of likely N-dealkylation sites (tertiary alicyclic amines) is 1. The predicted octanol–water partition coefficient (Wildman–Crippen LogP) is 3.29. The molecule has 0 atom stereocenters. The van der Waals surface area contributed by atoms with Crippen molar-refractivity contribution in [2.45, 2.75) is 39.5 Å². The van der Waals surface area contributed by atoms with Crippen LogP contribution in [0, 0.1) is 13.8 Å². The molecule has 2 amide bonds. The molecule has 0 spiro atoms. The first-order chi connectivity index (χ1) is 9.08. The number of urea groups is 1. The number of hydrogen-bond acceptors (Lipinski definition) is 2. The van der Waals surface area contributed by atoms with Gasteiger partial charge < -0.3 is 16.0 Å². The van der Waals surface area contributed by atoms with E-state index in [0.29, 0.717) is 0 Å². The molecule has 1 fully saturated rings. The molecule has 0 saturated carbocycles. The molecule has 0 aromatic heterocycles. The second-order valence-electron chi connectivity index (χ2n) is 5.36. The number of hydrogen-bond donors (Lipinski definition) is 2. The molecule has 1 saturated heterocycles. The van der Waals surface area contributed by atoms with Crippen LogP contribution in [0.2, 0.25) is 0 Å². The summed E-state index contributed by atoms with van der Waals surface area (Å²) < 4.78 is 0. The Bertz CT molecular complexity index is 439. The number of aryl methyl sites for hydroxylation is 2. The van der Waals surface area contributed by atoms with Gasteiger partial charge in [0.1, 0.15) is 0 Å². The number of nitrogen functional groups attached to an aromatic ring is 1. The predicted molar refractivity (Wildman–Crippen MR) is 79.4 cm³/mol. The molecule has 4 heteroatoms. The van der Waals surface area contributed by atoms with E-state index < -0.39 is 0 Å². The van der Waals surface area contributed by atoms with Gasteiger partial charge in [-0.25, -0.2) is 4.79 Å². The molecule has 0 bridgehead atoms. The van der Waals surface area contributed by atoms with Gasteiger partial charge >= 0.3 is 6.03 Å². The summed E-state index contributed by atoms with van der Waals surface area (Å²) >= 11 is 0. The van der Waals surface area contributed by atoms with Crippen LogP contribution in [0.1, 0.15) is 36.8 Å². The molecular formula is C15H23N3O. The lowest BCUT2D eigenvalue weighted by molar-refractivity contribution is 0.213. The van der Waals surface area contributed by atoms with Crippen molar-refractivity contribution in [3.8, 4) is 0 Å². The zero-order valence-electron chi connectivity index (χ0n) is 11.8. The minimum absolute atomic E-state index is 0.0119. The van der Waals surface area contributed by atoms with Crippen LogP contribution in [0.5, 0.6) is 0 Å². The van der Waals surface area contributed by atoms with Crippen molar-refractivity contribution in [1.82, 2.24) is 4.90 Å². The summed E-state index contributed by atoms with van der Waals surface area (Å²) in [6, 6.07) is 3.80. The third-order valence-corrected chi connectivity index (χ3v) is 3.68. The molecule has 1 heterocycles. The van der Waals surface area contributed by atoms with E-state index in [1.54, 1.807) is 0 Å². The molecule has 19 heavy (non-hydrogen) atoms. The fraction of sp³-hybridized carbons (Fsp3) is 0.533. The summed E-state index contributed by atoms with van der Waals surface area (Å²) in [4.78, 5) is 14.2. The minimum atomic E-state index is 0.0119. The lowest BCUT2D eigenvalue weighted by Crippen LogP contribution is -2.36. The van der Waals surface area contributed by atoms with Gasteiger partial charge in [-0.15, -0.1) is 0 Å². The van der Waals surface area contributed by atoms with Crippen molar-refractivity contribution in [3.63, 3.8) is 0 Å². The van der Waals surface area contributed by atoms with Gasteiger partial charge in [0.15, 0.2) is 0 Å². The number of amides is 2. The van der Waals surface area contributed by atoms with Gasteiger partial charge in [-0.1, -0.05) is 12.8 Å². The number of nitrogens with zero attached hydrogens (tertiary/aromatic N) is 1. The van der Waals surface area contributed by atoms with Crippen molar-refractivity contribution in [2.75, 3.05) is 24.1 Å². The first-order valence-corrected chi connectivity index (χ1v) is 7.00. The number of carbonyl (C=O) groups is 1. The molecule has 104 valence electrons. The van der Waals surface area contributed by atoms with E-state index in [-0.39, 0.29) is 6.03 Å². The van der Waals surface area contributed by atoms with Crippen molar-refractivity contribution in [2.24, 2.45) is 0 Å². The highest BCUT2D eigenvalue weighted by Gasteiger charge is 2.17. The number of rotatable bonds is 1. The van der Waals surface area contributed by atoms with Gasteiger partial charge in [0.2, 0.25) is 0 Å². The zero-order chi connectivity index (χ0) is 13.8. The largest absolute Gasteiger partial charge is 0.399 e. The van der Waals surface area contributed by atoms with Crippen LogP contribution >= 0.6 is 0 Å². The second kappa shape index (κ2) is 5.95. The monoisotopic (exact) mass is 261 g/mol. The molecule has 1 aromatic carbocycles. The summed E-state index contributed by atoms with van der Waals surface area (Å²) in [5.74, 6) is 0. The SMILES string of the molecule is Cc1cc(N)cc(C)c1NC(=O)N1CCCCCC1. The standard InChI is InChI=1S/C15H23N3O/c1-11-9-13(16)10-12(2)14(11)17-15(19)18-7-5-3-4-6-8-18/h9-10H,3-8,16H2,1-2H3,(H,17,19). The quantitative estimate of drug-likeness (QED) is 0.762. The molecule has 0 aliphatic carbocycles. The van der Waals surface area contributed by atoms with E-state index in [4.69, 9.17) is 5.73 Å². The van der Waals surface area contributed by atoms with Crippen LogP contribution in [0.15, 0.2) is 12.1 Å². The molecular weight excluding hydrogens is 238 g/mol. The summed E-state index contributed by atoms with van der Waals surface area (Å²) in [6.45, 7) is 5.67. The molecule has 2 rings (SSSR count). The Morgan fingerprint density at radius 2 is 1.63 bits per heavy atom. The van der Waals surface area contributed by atoms with Crippen LogP contribution in [-0.4, -0.2) is 24.0 Å². The Hall–Kier alpha value is -1.71. The van der Waals surface area contributed by atoms with Gasteiger partial charge in [-0.2, -0.15) is 0 Å². The van der Waals surface area contributed by atoms with Crippen LogP contribution in [0.25, 0.3) is 0 Å².